The Kier molecular flexibility index (Phi) is 6.29. The van der Waals surface area contributed by atoms with Gasteiger partial charge in [0.05, 0.1) is 12.3 Å². The van der Waals surface area contributed by atoms with Crippen molar-refractivity contribution >= 4 is 35.0 Å². The summed E-state index contributed by atoms with van der Waals surface area (Å²) in [6.45, 7) is 3.02. The minimum absolute atomic E-state index is 0.196. The molecule has 31 heavy (non-hydrogen) atoms. The highest BCUT2D eigenvalue weighted by molar-refractivity contribution is 7.80. The van der Waals surface area contributed by atoms with Gasteiger partial charge >= 0.3 is 0 Å². The van der Waals surface area contributed by atoms with Gasteiger partial charge in [-0.25, -0.2) is 0 Å². The first-order chi connectivity index (χ1) is 15.1. The lowest BCUT2D eigenvalue weighted by molar-refractivity contribution is -0.113. The Balaban J connectivity index is 1.43. The number of benzene rings is 3. The van der Waals surface area contributed by atoms with E-state index in [0.717, 1.165) is 22.6 Å². The van der Waals surface area contributed by atoms with Crippen LogP contribution in [0.15, 0.2) is 84.6 Å². The van der Waals surface area contributed by atoms with Crippen LogP contribution in [-0.4, -0.2) is 17.6 Å². The molecule has 0 radical (unpaired) electrons. The average Bonchev–Trinajstić information content (AvgIpc) is 3.07. The summed E-state index contributed by atoms with van der Waals surface area (Å²) in [7, 11) is 0. The lowest BCUT2D eigenvalue weighted by atomic mass is 10.2. The molecular formula is C25H22N2O3S. The molecule has 1 N–H and O–H groups in total. The number of anilines is 1. The van der Waals surface area contributed by atoms with Gasteiger partial charge in [0.15, 0.2) is 5.11 Å². The maximum atomic E-state index is 12.9. The second-order valence-electron chi connectivity index (χ2n) is 6.90. The molecule has 4 rings (SSSR count). The van der Waals surface area contributed by atoms with Gasteiger partial charge in [-0.2, -0.15) is 0 Å². The molecule has 1 saturated heterocycles. The minimum Gasteiger partial charge on any atom is -0.494 e. The predicted molar refractivity (Wildman–Crippen MR) is 126 cm³/mol. The Hall–Kier alpha value is -3.64. The third-order valence-corrected chi connectivity index (χ3v) is 5.01. The van der Waals surface area contributed by atoms with Crippen molar-refractivity contribution in [2.24, 2.45) is 0 Å². The second kappa shape index (κ2) is 9.45. The average molecular weight is 431 g/mol. The van der Waals surface area contributed by atoms with E-state index < -0.39 is 0 Å². The lowest BCUT2D eigenvalue weighted by Crippen LogP contribution is -2.30. The van der Waals surface area contributed by atoms with Gasteiger partial charge in [-0.05, 0) is 72.7 Å². The van der Waals surface area contributed by atoms with E-state index in [1.165, 1.54) is 4.90 Å². The highest BCUT2D eigenvalue weighted by Gasteiger charge is 2.31. The summed E-state index contributed by atoms with van der Waals surface area (Å²) in [5.74, 6) is 1.32. The molecule has 1 amide bonds. The summed E-state index contributed by atoms with van der Waals surface area (Å²) >= 11 is 5.38. The van der Waals surface area contributed by atoms with Crippen molar-refractivity contribution in [3.8, 4) is 11.5 Å². The number of hydrogen-bond acceptors (Lipinski definition) is 4. The van der Waals surface area contributed by atoms with Crippen molar-refractivity contribution in [3.63, 3.8) is 0 Å². The summed E-state index contributed by atoms with van der Waals surface area (Å²) < 4.78 is 11.3. The van der Waals surface area contributed by atoms with E-state index in [2.05, 4.69) is 5.32 Å². The summed E-state index contributed by atoms with van der Waals surface area (Å²) in [5, 5.41) is 3.36. The number of hydrogen-bond donors (Lipinski definition) is 1. The molecule has 3 aromatic carbocycles. The van der Waals surface area contributed by atoms with Crippen LogP contribution in [0, 0.1) is 0 Å². The molecule has 156 valence electrons. The fourth-order valence-electron chi connectivity index (χ4n) is 3.20. The monoisotopic (exact) mass is 430 g/mol. The molecule has 0 spiro atoms. The molecule has 1 fully saturated rings. The molecule has 1 aliphatic rings. The Bertz CT molecular complexity index is 1090. The van der Waals surface area contributed by atoms with Crippen molar-refractivity contribution in [2.75, 3.05) is 11.5 Å². The maximum Gasteiger partial charge on any atom is 0.281 e. The molecule has 0 bridgehead atoms. The molecular weight excluding hydrogens is 408 g/mol. The molecule has 0 aliphatic carbocycles. The number of nitrogens with zero attached hydrogens (tertiary/aromatic N) is 1. The van der Waals surface area contributed by atoms with E-state index in [-0.39, 0.29) is 5.91 Å². The van der Waals surface area contributed by atoms with Crippen molar-refractivity contribution in [2.45, 2.75) is 13.5 Å². The molecule has 3 aromatic rings. The molecule has 1 heterocycles. The van der Waals surface area contributed by atoms with Crippen LogP contribution in [0.25, 0.3) is 6.08 Å². The first kappa shape index (κ1) is 20.6. The fourth-order valence-corrected chi connectivity index (χ4v) is 3.49. The largest absolute Gasteiger partial charge is 0.494 e. The molecule has 5 nitrogen and oxygen atoms in total. The van der Waals surface area contributed by atoms with Crippen LogP contribution in [-0.2, 0) is 11.4 Å². The number of carbonyl (C=O) groups is 1. The zero-order chi connectivity index (χ0) is 21.6. The number of rotatable bonds is 7. The third-order valence-electron chi connectivity index (χ3n) is 4.72. The first-order valence-electron chi connectivity index (χ1n) is 10.0. The number of amides is 1. The normalized spacial score (nSPS) is 14.6. The van der Waals surface area contributed by atoms with Crippen LogP contribution in [0.5, 0.6) is 11.5 Å². The van der Waals surface area contributed by atoms with Gasteiger partial charge in [-0.1, -0.05) is 42.5 Å². The first-order valence-corrected chi connectivity index (χ1v) is 10.4. The second-order valence-corrected chi connectivity index (χ2v) is 7.29. The van der Waals surface area contributed by atoms with Crippen LogP contribution in [0.2, 0.25) is 0 Å². The molecule has 6 heteroatoms. The van der Waals surface area contributed by atoms with Crippen LogP contribution >= 0.6 is 12.2 Å². The number of nitrogens with one attached hydrogen (secondary N) is 1. The van der Waals surface area contributed by atoms with Crippen LogP contribution in [0.3, 0.4) is 0 Å². The third kappa shape index (κ3) is 4.92. The van der Waals surface area contributed by atoms with E-state index >= 15 is 0 Å². The van der Waals surface area contributed by atoms with Crippen LogP contribution < -0.4 is 19.7 Å². The van der Waals surface area contributed by atoms with Gasteiger partial charge in [-0.3, -0.25) is 9.69 Å². The van der Waals surface area contributed by atoms with Gasteiger partial charge < -0.3 is 14.8 Å². The topological polar surface area (TPSA) is 50.8 Å². The summed E-state index contributed by atoms with van der Waals surface area (Å²) in [4.78, 5) is 14.4. The lowest BCUT2D eigenvalue weighted by Gasteiger charge is -2.14. The van der Waals surface area contributed by atoms with E-state index in [1.807, 2.05) is 85.8 Å². The summed E-state index contributed by atoms with van der Waals surface area (Å²) in [6.07, 6.45) is 1.78. The molecule has 0 aromatic heterocycles. The smallest absolute Gasteiger partial charge is 0.281 e. The van der Waals surface area contributed by atoms with E-state index in [1.54, 1.807) is 6.08 Å². The molecule has 0 unspecified atom stereocenters. The van der Waals surface area contributed by atoms with Crippen LogP contribution in [0.1, 0.15) is 18.1 Å². The maximum absolute atomic E-state index is 12.9. The highest BCUT2D eigenvalue weighted by Crippen LogP contribution is 2.25. The molecule has 0 atom stereocenters. The number of ether oxygens (including phenoxy) is 2. The van der Waals surface area contributed by atoms with E-state index in [4.69, 9.17) is 21.7 Å². The highest BCUT2D eigenvalue weighted by atomic mass is 32.1. The zero-order valence-corrected chi connectivity index (χ0v) is 17.9. The quantitative estimate of drug-likeness (QED) is 0.426. The van der Waals surface area contributed by atoms with Crippen LogP contribution in [0.4, 0.5) is 5.69 Å². The Morgan fingerprint density at radius 1 is 0.903 bits per heavy atom. The van der Waals surface area contributed by atoms with E-state index in [0.29, 0.717) is 29.7 Å². The van der Waals surface area contributed by atoms with Crippen molar-refractivity contribution in [1.82, 2.24) is 5.32 Å². The number of thiocarbonyl (C=S) groups is 1. The Morgan fingerprint density at radius 3 is 2.23 bits per heavy atom. The van der Waals surface area contributed by atoms with Gasteiger partial charge in [0.1, 0.15) is 23.8 Å². The van der Waals surface area contributed by atoms with Gasteiger partial charge in [-0.15, -0.1) is 0 Å². The number of carbonyl (C=O) groups excluding carboxylic acids is 1. The van der Waals surface area contributed by atoms with Crippen molar-refractivity contribution in [1.29, 1.82) is 0 Å². The summed E-state index contributed by atoms with van der Waals surface area (Å²) in [6, 6.07) is 24.9. The SMILES string of the molecule is CCOc1ccc(N2C(=O)C(=Cc3ccc(OCc4ccccc4)cc3)NC2=S)cc1. The minimum atomic E-state index is -0.196. The molecule has 1 aliphatic heterocycles. The summed E-state index contributed by atoms with van der Waals surface area (Å²) in [5.41, 5.74) is 3.10. The Labute approximate surface area is 186 Å². The fraction of sp³-hybridized carbons (Fsp3) is 0.120. The van der Waals surface area contributed by atoms with Crippen molar-refractivity contribution in [3.05, 3.63) is 95.7 Å². The standard InChI is InChI=1S/C25H22N2O3S/c1-2-29-21-14-10-20(11-15-21)27-24(28)23(26-25(27)31)16-18-8-12-22(13-9-18)30-17-19-6-4-3-5-7-19/h3-16H,2,17H2,1H3,(H,26,31). The molecule has 0 saturated carbocycles. The zero-order valence-electron chi connectivity index (χ0n) is 17.1. The van der Waals surface area contributed by atoms with Gasteiger partial charge in [0.2, 0.25) is 0 Å². The predicted octanol–water partition coefficient (Wildman–Crippen LogP) is 4.93. The Morgan fingerprint density at radius 2 is 1.55 bits per heavy atom. The van der Waals surface area contributed by atoms with Gasteiger partial charge in [0.25, 0.3) is 5.91 Å². The van der Waals surface area contributed by atoms with Gasteiger partial charge in [0, 0.05) is 0 Å². The van der Waals surface area contributed by atoms with E-state index in [9.17, 15) is 4.79 Å². The van der Waals surface area contributed by atoms with Crippen molar-refractivity contribution < 1.29 is 14.3 Å².